The average molecular weight is 356 g/mol. The molecule has 3 rings (SSSR count). The number of hydrogen-bond acceptors (Lipinski definition) is 4. The Hall–Kier alpha value is -2.83. The Morgan fingerprint density at radius 3 is 2.77 bits per heavy atom. The van der Waals surface area contributed by atoms with E-state index in [1.54, 1.807) is 18.0 Å². The number of aryl methyl sites for hydroxylation is 1. The number of nitrogens with zero attached hydrogens (tertiary/aromatic N) is 3. The summed E-state index contributed by atoms with van der Waals surface area (Å²) in [6.45, 7) is 5.50. The number of amides is 2. The van der Waals surface area contributed by atoms with E-state index in [9.17, 15) is 9.59 Å². The third-order valence-corrected chi connectivity index (χ3v) is 4.56. The van der Waals surface area contributed by atoms with Crippen molar-refractivity contribution in [3.05, 3.63) is 57.5 Å². The third kappa shape index (κ3) is 3.87. The second kappa shape index (κ2) is 7.59. The van der Waals surface area contributed by atoms with Crippen LogP contribution in [0.5, 0.6) is 5.75 Å². The summed E-state index contributed by atoms with van der Waals surface area (Å²) in [7, 11) is 1.64. The maximum Gasteiger partial charge on any atom is 0.318 e. The maximum absolute atomic E-state index is 12.6. The first-order valence-corrected chi connectivity index (χ1v) is 8.82. The van der Waals surface area contributed by atoms with Crippen LogP contribution in [0.4, 0.5) is 4.79 Å². The lowest BCUT2D eigenvalue weighted by molar-refractivity contribution is 0.188. The molecule has 0 aliphatic carbocycles. The molecule has 1 aliphatic rings. The first-order chi connectivity index (χ1) is 12.5. The van der Waals surface area contributed by atoms with Crippen molar-refractivity contribution in [1.82, 2.24) is 20.0 Å². The van der Waals surface area contributed by atoms with E-state index >= 15 is 0 Å². The predicted molar refractivity (Wildman–Crippen MR) is 98.1 cm³/mol. The number of rotatable bonds is 4. The second-order valence-corrected chi connectivity index (χ2v) is 6.42. The molecule has 1 unspecified atom stereocenters. The van der Waals surface area contributed by atoms with Gasteiger partial charge in [0.1, 0.15) is 5.75 Å². The predicted octanol–water partition coefficient (Wildman–Crippen LogP) is 2.01. The van der Waals surface area contributed by atoms with E-state index in [0.717, 1.165) is 22.6 Å². The van der Waals surface area contributed by atoms with E-state index in [4.69, 9.17) is 4.74 Å². The molecule has 1 N–H and O–H groups in total. The SMILES string of the molecule is CCOc1ccc(C(C)NC(=O)N2CCc3nn(C)c(=O)cc3C2)cc1. The zero-order valence-corrected chi connectivity index (χ0v) is 15.4. The third-order valence-electron chi connectivity index (χ3n) is 4.56. The van der Waals surface area contributed by atoms with Crippen LogP contribution < -0.4 is 15.6 Å². The minimum atomic E-state index is -0.159. The Morgan fingerprint density at radius 2 is 2.08 bits per heavy atom. The van der Waals surface area contributed by atoms with E-state index in [-0.39, 0.29) is 17.6 Å². The van der Waals surface area contributed by atoms with Crippen LogP contribution in [-0.4, -0.2) is 33.9 Å². The molecule has 26 heavy (non-hydrogen) atoms. The molecule has 0 spiro atoms. The number of benzene rings is 1. The van der Waals surface area contributed by atoms with Gasteiger partial charge in [0.25, 0.3) is 5.56 Å². The fraction of sp³-hybridized carbons (Fsp3) is 0.421. The highest BCUT2D eigenvalue weighted by Crippen LogP contribution is 2.19. The molecule has 1 atom stereocenters. The van der Waals surface area contributed by atoms with Gasteiger partial charge in [0.05, 0.1) is 18.3 Å². The molecule has 1 aromatic heterocycles. The van der Waals surface area contributed by atoms with Gasteiger partial charge in [0.15, 0.2) is 0 Å². The van der Waals surface area contributed by atoms with Crippen LogP contribution >= 0.6 is 0 Å². The lowest BCUT2D eigenvalue weighted by atomic mass is 10.1. The Balaban J connectivity index is 1.64. The topological polar surface area (TPSA) is 76.5 Å². The monoisotopic (exact) mass is 356 g/mol. The van der Waals surface area contributed by atoms with Crippen molar-refractivity contribution in [2.45, 2.75) is 32.9 Å². The summed E-state index contributed by atoms with van der Waals surface area (Å²) in [6.07, 6.45) is 0.647. The number of carbonyl (C=O) groups is 1. The van der Waals surface area contributed by atoms with Crippen molar-refractivity contribution >= 4 is 6.03 Å². The molecule has 2 heterocycles. The number of urea groups is 1. The fourth-order valence-corrected chi connectivity index (χ4v) is 3.05. The van der Waals surface area contributed by atoms with E-state index in [1.165, 1.54) is 4.68 Å². The molecule has 138 valence electrons. The van der Waals surface area contributed by atoms with Crippen LogP contribution in [0.1, 0.15) is 36.7 Å². The van der Waals surface area contributed by atoms with Gasteiger partial charge in [-0.1, -0.05) is 12.1 Å². The number of nitrogens with one attached hydrogen (secondary N) is 1. The summed E-state index contributed by atoms with van der Waals surface area (Å²) < 4.78 is 6.78. The van der Waals surface area contributed by atoms with Crippen LogP contribution in [0.25, 0.3) is 0 Å². The number of aromatic nitrogens is 2. The molecule has 0 fully saturated rings. The van der Waals surface area contributed by atoms with Crippen molar-refractivity contribution in [3.63, 3.8) is 0 Å². The lowest BCUT2D eigenvalue weighted by Crippen LogP contribution is -2.44. The molecule has 1 aliphatic heterocycles. The largest absolute Gasteiger partial charge is 0.494 e. The Kier molecular flexibility index (Phi) is 5.25. The highest BCUT2D eigenvalue weighted by molar-refractivity contribution is 5.75. The van der Waals surface area contributed by atoms with E-state index in [2.05, 4.69) is 10.4 Å². The molecular formula is C19H24N4O3. The standard InChI is InChI=1S/C19H24N4O3/c1-4-26-16-7-5-14(6-8-16)13(2)20-19(25)23-10-9-17-15(12-23)11-18(24)22(3)21-17/h5-8,11,13H,4,9-10,12H2,1-3H3,(H,20,25). The summed E-state index contributed by atoms with van der Waals surface area (Å²) in [5.41, 5.74) is 2.56. The van der Waals surface area contributed by atoms with Gasteiger partial charge in [-0.15, -0.1) is 0 Å². The van der Waals surface area contributed by atoms with Gasteiger partial charge in [-0.05, 0) is 31.5 Å². The van der Waals surface area contributed by atoms with Gasteiger partial charge in [0.2, 0.25) is 0 Å². The van der Waals surface area contributed by atoms with Crippen molar-refractivity contribution in [2.75, 3.05) is 13.2 Å². The molecular weight excluding hydrogens is 332 g/mol. The van der Waals surface area contributed by atoms with Crippen molar-refractivity contribution in [2.24, 2.45) is 7.05 Å². The smallest absolute Gasteiger partial charge is 0.318 e. The molecule has 0 saturated heterocycles. The number of ether oxygens (including phenoxy) is 1. The molecule has 2 amide bonds. The quantitative estimate of drug-likeness (QED) is 0.909. The summed E-state index contributed by atoms with van der Waals surface area (Å²) in [5.74, 6) is 0.816. The van der Waals surface area contributed by atoms with Gasteiger partial charge >= 0.3 is 6.03 Å². The van der Waals surface area contributed by atoms with Gasteiger partial charge in [0, 0.05) is 38.2 Å². The van der Waals surface area contributed by atoms with Crippen LogP contribution in [0.2, 0.25) is 0 Å². The molecule has 7 nitrogen and oxygen atoms in total. The zero-order valence-electron chi connectivity index (χ0n) is 15.4. The van der Waals surface area contributed by atoms with Gasteiger partial charge in [-0.3, -0.25) is 4.79 Å². The first kappa shape index (κ1) is 18.0. The summed E-state index contributed by atoms with van der Waals surface area (Å²) in [5, 5.41) is 7.29. The molecule has 0 radical (unpaired) electrons. The second-order valence-electron chi connectivity index (χ2n) is 6.42. The van der Waals surface area contributed by atoms with Crippen LogP contribution in [0.3, 0.4) is 0 Å². The maximum atomic E-state index is 12.6. The molecule has 0 bridgehead atoms. The summed E-state index contributed by atoms with van der Waals surface area (Å²) >= 11 is 0. The lowest BCUT2D eigenvalue weighted by Gasteiger charge is -2.29. The normalized spacial score (nSPS) is 14.5. The highest BCUT2D eigenvalue weighted by atomic mass is 16.5. The fourth-order valence-electron chi connectivity index (χ4n) is 3.05. The minimum Gasteiger partial charge on any atom is -0.494 e. The zero-order chi connectivity index (χ0) is 18.7. The minimum absolute atomic E-state index is 0.124. The van der Waals surface area contributed by atoms with Crippen molar-refractivity contribution < 1.29 is 9.53 Å². The Labute approximate surface area is 152 Å². The van der Waals surface area contributed by atoms with Crippen LogP contribution in [-0.2, 0) is 20.0 Å². The molecule has 7 heteroatoms. The number of carbonyl (C=O) groups excluding carboxylic acids is 1. The van der Waals surface area contributed by atoms with Crippen LogP contribution in [0, 0.1) is 0 Å². The van der Waals surface area contributed by atoms with Crippen molar-refractivity contribution in [1.29, 1.82) is 0 Å². The van der Waals surface area contributed by atoms with Gasteiger partial charge in [-0.25, -0.2) is 9.48 Å². The molecule has 1 aromatic carbocycles. The molecule has 2 aromatic rings. The molecule has 0 saturated carbocycles. The van der Waals surface area contributed by atoms with Crippen molar-refractivity contribution in [3.8, 4) is 5.75 Å². The summed E-state index contributed by atoms with van der Waals surface area (Å²) in [4.78, 5) is 26.1. The van der Waals surface area contributed by atoms with Gasteiger partial charge < -0.3 is 15.0 Å². The van der Waals surface area contributed by atoms with E-state index < -0.39 is 0 Å². The Morgan fingerprint density at radius 1 is 1.35 bits per heavy atom. The first-order valence-electron chi connectivity index (χ1n) is 8.82. The van der Waals surface area contributed by atoms with Crippen LogP contribution in [0.15, 0.2) is 35.1 Å². The Bertz CT molecular complexity index is 845. The average Bonchev–Trinajstić information content (AvgIpc) is 2.63. The number of hydrogen-bond donors (Lipinski definition) is 1. The van der Waals surface area contributed by atoms with Gasteiger partial charge in [-0.2, -0.15) is 5.10 Å². The summed E-state index contributed by atoms with van der Waals surface area (Å²) in [6, 6.07) is 9.01. The number of fused-ring (bicyclic) bond motifs is 1. The highest BCUT2D eigenvalue weighted by Gasteiger charge is 2.23. The van der Waals surface area contributed by atoms with E-state index in [1.807, 2.05) is 38.1 Å². The van der Waals surface area contributed by atoms with E-state index in [0.29, 0.717) is 26.1 Å².